The minimum absolute atomic E-state index is 0. The molecule has 2 rings (SSSR count). The smallest absolute Gasteiger partial charge is 0.248 e. The van der Waals surface area contributed by atoms with Crippen molar-refractivity contribution in [3.8, 4) is 0 Å². The number of primary amides is 1. The van der Waals surface area contributed by atoms with Crippen LogP contribution in [0.15, 0.2) is 39.9 Å². The van der Waals surface area contributed by atoms with E-state index in [4.69, 9.17) is 10.2 Å². The molecule has 1 aromatic carbocycles. The zero-order chi connectivity index (χ0) is 19.2. The van der Waals surface area contributed by atoms with Gasteiger partial charge in [0.15, 0.2) is 5.96 Å². The van der Waals surface area contributed by atoms with Gasteiger partial charge in [0.1, 0.15) is 5.76 Å². The fraction of sp³-hybridized carbons (Fsp3) is 0.421. The minimum Gasteiger partial charge on any atom is -0.443 e. The molecule has 0 radical (unpaired) electrons. The summed E-state index contributed by atoms with van der Waals surface area (Å²) in [4.78, 5) is 19.9. The lowest BCUT2D eigenvalue weighted by Gasteiger charge is -2.13. The third-order valence-corrected chi connectivity index (χ3v) is 3.70. The molecule has 27 heavy (non-hydrogen) atoms. The number of nitrogens with one attached hydrogen (secondary N) is 2. The second kappa shape index (κ2) is 10.3. The number of rotatable bonds is 6. The Kier molecular flexibility index (Phi) is 8.74. The van der Waals surface area contributed by atoms with E-state index in [1.807, 2.05) is 19.1 Å². The number of oxazole rings is 1. The van der Waals surface area contributed by atoms with Crippen LogP contribution in [0.4, 0.5) is 0 Å². The lowest BCUT2D eigenvalue weighted by molar-refractivity contribution is 0.100. The Hall–Kier alpha value is -2.10. The van der Waals surface area contributed by atoms with E-state index in [2.05, 4.69) is 41.4 Å². The lowest BCUT2D eigenvalue weighted by Crippen LogP contribution is -2.36. The Morgan fingerprint density at radius 2 is 1.89 bits per heavy atom. The molecule has 7 nitrogen and oxygen atoms in total. The van der Waals surface area contributed by atoms with Crippen molar-refractivity contribution < 1.29 is 9.21 Å². The van der Waals surface area contributed by atoms with Crippen LogP contribution in [0.3, 0.4) is 0 Å². The SMILES string of the molecule is CCNC(=NCc1ccc(C(N)=O)cc1)NCc1ncc(C(C)(C)C)o1.I. The van der Waals surface area contributed by atoms with Gasteiger partial charge in [-0.15, -0.1) is 24.0 Å². The summed E-state index contributed by atoms with van der Waals surface area (Å²) in [6.45, 7) is 9.92. The van der Waals surface area contributed by atoms with E-state index in [9.17, 15) is 4.79 Å². The van der Waals surface area contributed by atoms with Crippen molar-refractivity contribution >= 4 is 35.8 Å². The van der Waals surface area contributed by atoms with E-state index >= 15 is 0 Å². The van der Waals surface area contributed by atoms with Gasteiger partial charge in [0.25, 0.3) is 0 Å². The van der Waals surface area contributed by atoms with Crippen molar-refractivity contribution in [2.45, 2.75) is 46.2 Å². The quantitative estimate of drug-likeness (QED) is 0.332. The van der Waals surface area contributed by atoms with Crippen molar-refractivity contribution in [1.82, 2.24) is 15.6 Å². The molecule has 8 heteroatoms. The van der Waals surface area contributed by atoms with E-state index < -0.39 is 5.91 Å². The molecule has 148 valence electrons. The van der Waals surface area contributed by atoms with Crippen LogP contribution in [0.25, 0.3) is 0 Å². The van der Waals surface area contributed by atoms with E-state index in [0.29, 0.717) is 30.5 Å². The van der Waals surface area contributed by atoms with Gasteiger partial charge in [-0.3, -0.25) is 4.79 Å². The summed E-state index contributed by atoms with van der Waals surface area (Å²) in [6, 6.07) is 7.09. The molecule has 4 N–H and O–H groups in total. The lowest BCUT2D eigenvalue weighted by atomic mass is 9.94. The van der Waals surface area contributed by atoms with E-state index in [-0.39, 0.29) is 29.4 Å². The molecule has 0 aliphatic heterocycles. The standard InChI is InChI=1S/C19H27N5O2.HI/c1-5-21-18(23-10-13-6-8-14(9-7-13)17(20)25)24-12-16-22-11-15(26-16)19(2,3)4;/h6-9,11H,5,10,12H2,1-4H3,(H2,20,25)(H2,21,23,24);1H. The van der Waals surface area contributed by atoms with Crippen LogP contribution in [-0.2, 0) is 18.5 Å². The first-order valence-corrected chi connectivity index (χ1v) is 8.65. The maximum Gasteiger partial charge on any atom is 0.248 e. The number of hydrogen-bond donors (Lipinski definition) is 3. The number of guanidine groups is 1. The van der Waals surface area contributed by atoms with Gasteiger partial charge in [-0.2, -0.15) is 0 Å². The van der Waals surface area contributed by atoms with Gasteiger partial charge in [0.05, 0.1) is 19.3 Å². The number of nitrogens with zero attached hydrogens (tertiary/aromatic N) is 2. The minimum atomic E-state index is -0.435. The van der Waals surface area contributed by atoms with Crippen LogP contribution in [0.2, 0.25) is 0 Å². The summed E-state index contributed by atoms with van der Waals surface area (Å²) >= 11 is 0. The molecule has 0 saturated carbocycles. The predicted octanol–water partition coefficient (Wildman–Crippen LogP) is 2.94. The van der Waals surface area contributed by atoms with Gasteiger partial charge >= 0.3 is 0 Å². The largest absolute Gasteiger partial charge is 0.443 e. The van der Waals surface area contributed by atoms with Crippen LogP contribution >= 0.6 is 24.0 Å². The molecule has 0 atom stereocenters. The molecule has 0 spiro atoms. The van der Waals surface area contributed by atoms with E-state index in [1.54, 1.807) is 18.3 Å². The van der Waals surface area contributed by atoms with Crippen LogP contribution in [0, 0.1) is 0 Å². The first-order chi connectivity index (χ1) is 12.3. The van der Waals surface area contributed by atoms with Gasteiger partial charge < -0.3 is 20.8 Å². The molecule has 1 heterocycles. The first-order valence-electron chi connectivity index (χ1n) is 8.65. The van der Waals surface area contributed by atoms with Crippen molar-refractivity contribution in [2.24, 2.45) is 10.7 Å². The Labute approximate surface area is 177 Å². The maximum atomic E-state index is 11.1. The Bertz CT molecular complexity index is 763. The number of amides is 1. The van der Waals surface area contributed by atoms with E-state index in [0.717, 1.165) is 17.9 Å². The second-order valence-corrected chi connectivity index (χ2v) is 6.98. The topological polar surface area (TPSA) is 106 Å². The molecular formula is C19H28IN5O2. The van der Waals surface area contributed by atoms with Gasteiger partial charge in [-0.25, -0.2) is 9.98 Å². The fourth-order valence-electron chi connectivity index (χ4n) is 2.18. The molecule has 1 aromatic heterocycles. The van der Waals surface area contributed by atoms with Crippen LogP contribution < -0.4 is 16.4 Å². The normalized spacial score (nSPS) is 11.6. The molecule has 0 bridgehead atoms. The fourth-order valence-corrected chi connectivity index (χ4v) is 2.18. The monoisotopic (exact) mass is 485 g/mol. The highest BCUT2D eigenvalue weighted by Gasteiger charge is 2.19. The Balaban J connectivity index is 0.00000364. The molecule has 0 aliphatic rings. The Morgan fingerprint density at radius 3 is 2.41 bits per heavy atom. The first kappa shape index (κ1) is 22.9. The molecule has 0 unspecified atom stereocenters. The summed E-state index contributed by atoms with van der Waals surface area (Å²) in [5, 5.41) is 6.40. The van der Waals surface area contributed by atoms with E-state index in [1.165, 1.54) is 0 Å². The number of aliphatic imine (C=N–C) groups is 1. The van der Waals surface area contributed by atoms with Crippen LogP contribution in [0.1, 0.15) is 55.3 Å². The van der Waals surface area contributed by atoms with Crippen molar-refractivity contribution in [3.63, 3.8) is 0 Å². The average molecular weight is 485 g/mol. The van der Waals surface area contributed by atoms with Crippen molar-refractivity contribution in [2.75, 3.05) is 6.54 Å². The third-order valence-electron chi connectivity index (χ3n) is 3.70. The van der Waals surface area contributed by atoms with Crippen LogP contribution in [-0.4, -0.2) is 23.4 Å². The number of nitrogens with two attached hydrogens (primary N) is 1. The molecule has 2 aromatic rings. The Morgan fingerprint density at radius 1 is 1.22 bits per heavy atom. The summed E-state index contributed by atoms with van der Waals surface area (Å²) in [5.41, 5.74) is 6.65. The molecule has 0 saturated heterocycles. The van der Waals surface area contributed by atoms with Crippen molar-refractivity contribution in [1.29, 1.82) is 0 Å². The zero-order valence-electron chi connectivity index (χ0n) is 16.2. The summed E-state index contributed by atoms with van der Waals surface area (Å²) < 4.78 is 5.77. The highest BCUT2D eigenvalue weighted by molar-refractivity contribution is 14.0. The third kappa shape index (κ3) is 7.20. The highest BCUT2D eigenvalue weighted by atomic mass is 127. The molecule has 1 amide bonds. The highest BCUT2D eigenvalue weighted by Crippen LogP contribution is 2.22. The number of hydrogen-bond acceptors (Lipinski definition) is 4. The molecular weight excluding hydrogens is 457 g/mol. The maximum absolute atomic E-state index is 11.1. The number of benzene rings is 1. The number of aromatic nitrogens is 1. The van der Waals surface area contributed by atoms with Crippen LogP contribution in [0.5, 0.6) is 0 Å². The zero-order valence-corrected chi connectivity index (χ0v) is 18.5. The molecule has 0 fully saturated rings. The van der Waals surface area contributed by atoms with Gasteiger partial charge in [0.2, 0.25) is 11.8 Å². The predicted molar refractivity (Wildman–Crippen MR) is 117 cm³/mol. The van der Waals surface area contributed by atoms with Crippen molar-refractivity contribution in [3.05, 3.63) is 53.2 Å². The average Bonchev–Trinajstić information content (AvgIpc) is 3.07. The number of carbonyl (C=O) groups is 1. The summed E-state index contributed by atoms with van der Waals surface area (Å²) in [5.74, 6) is 1.70. The molecule has 0 aliphatic carbocycles. The number of halogens is 1. The van der Waals surface area contributed by atoms with Gasteiger partial charge in [-0.1, -0.05) is 32.9 Å². The van der Waals surface area contributed by atoms with Gasteiger partial charge in [-0.05, 0) is 24.6 Å². The second-order valence-electron chi connectivity index (χ2n) is 6.98. The summed E-state index contributed by atoms with van der Waals surface area (Å²) in [6.07, 6.45) is 1.77. The summed E-state index contributed by atoms with van der Waals surface area (Å²) in [7, 11) is 0. The van der Waals surface area contributed by atoms with Gasteiger partial charge in [0, 0.05) is 17.5 Å². The number of carbonyl (C=O) groups excluding carboxylic acids is 1.